The summed E-state index contributed by atoms with van der Waals surface area (Å²) in [5.74, 6) is 2.09. The van der Waals surface area contributed by atoms with E-state index in [0.717, 1.165) is 12.0 Å². The minimum absolute atomic E-state index is 0.132. The zero-order chi connectivity index (χ0) is 21.1. The lowest BCUT2D eigenvalue weighted by Crippen LogP contribution is -2.38. The molecular formula is C21H27F2N3O3. The lowest BCUT2D eigenvalue weighted by Gasteiger charge is -2.13. The number of methoxy groups -OCH3 is 2. The maximum atomic E-state index is 12.6. The van der Waals surface area contributed by atoms with Crippen molar-refractivity contribution in [3.05, 3.63) is 53.6 Å². The van der Waals surface area contributed by atoms with Gasteiger partial charge in [-0.05, 0) is 37.1 Å². The van der Waals surface area contributed by atoms with Crippen molar-refractivity contribution in [2.24, 2.45) is 4.99 Å². The van der Waals surface area contributed by atoms with Crippen molar-refractivity contribution in [1.29, 1.82) is 0 Å². The molecule has 0 spiro atoms. The quantitative estimate of drug-likeness (QED) is 0.465. The van der Waals surface area contributed by atoms with E-state index < -0.39 is 6.61 Å². The first kappa shape index (κ1) is 22.3. The van der Waals surface area contributed by atoms with Crippen LogP contribution in [-0.2, 0) is 13.0 Å². The zero-order valence-electron chi connectivity index (χ0n) is 16.9. The van der Waals surface area contributed by atoms with Crippen LogP contribution in [-0.4, -0.2) is 39.9 Å². The van der Waals surface area contributed by atoms with Gasteiger partial charge in [-0.2, -0.15) is 8.78 Å². The first-order chi connectivity index (χ1) is 14.1. The van der Waals surface area contributed by atoms with Crippen LogP contribution in [0.4, 0.5) is 8.78 Å². The van der Waals surface area contributed by atoms with Gasteiger partial charge in [0.2, 0.25) is 0 Å². The number of aliphatic imine (C=N–C) groups is 1. The van der Waals surface area contributed by atoms with E-state index in [1.54, 1.807) is 32.4 Å². The Hall–Kier alpha value is -3.03. The minimum Gasteiger partial charge on any atom is -0.493 e. The molecule has 0 amide bonds. The van der Waals surface area contributed by atoms with Gasteiger partial charge < -0.3 is 24.8 Å². The fourth-order valence-electron chi connectivity index (χ4n) is 2.71. The van der Waals surface area contributed by atoms with Crippen LogP contribution in [0.5, 0.6) is 17.2 Å². The summed E-state index contributed by atoms with van der Waals surface area (Å²) in [6.45, 7) is 0.620. The first-order valence-electron chi connectivity index (χ1n) is 9.33. The Balaban J connectivity index is 1.98. The lowest BCUT2D eigenvalue weighted by molar-refractivity contribution is -0.0504. The standard InChI is InChI=1S/C21H27F2N3O3/c1-4-24-21(26-14-16-7-5-6-8-17(16)29-20(22)23)25-12-11-15-9-10-18(27-2)19(13-15)28-3/h5-10,13,20H,4,11-12,14H2,1-3H3,(H2,24,25,26). The van der Waals surface area contributed by atoms with Gasteiger partial charge >= 0.3 is 6.61 Å². The molecule has 2 rings (SSSR count). The topological polar surface area (TPSA) is 64.1 Å². The fourth-order valence-corrected chi connectivity index (χ4v) is 2.71. The molecule has 0 unspecified atom stereocenters. The Kier molecular flexibility index (Phi) is 9.01. The number of benzene rings is 2. The maximum absolute atomic E-state index is 12.6. The average Bonchev–Trinajstić information content (AvgIpc) is 2.72. The molecule has 2 aromatic rings. The van der Waals surface area contributed by atoms with E-state index in [4.69, 9.17) is 9.47 Å². The molecule has 0 radical (unpaired) electrons. The summed E-state index contributed by atoms with van der Waals surface area (Å²) in [4.78, 5) is 4.47. The molecule has 0 saturated carbocycles. The summed E-state index contributed by atoms with van der Waals surface area (Å²) in [5, 5.41) is 6.39. The number of halogens is 2. The molecule has 0 aliphatic heterocycles. The summed E-state index contributed by atoms with van der Waals surface area (Å²) < 4.78 is 40.2. The Morgan fingerprint density at radius 3 is 2.45 bits per heavy atom. The van der Waals surface area contributed by atoms with Crippen LogP contribution in [0.1, 0.15) is 18.1 Å². The number of ether oxygens (including phenoxy) is 3. The summed E-state index contributed by atoms with van der Waals surface area (Å²) in [6, 6.07) is 12.4. The number of alkyl halides is 2. The third kappa shape index (κ3) is 7.14. The van der Waals surface area contributed by atoms with Crippen LogP contribution in [0, 0.1) is 0 Å². The number of para-hydroxylation sites is 1. The Bertz CT molecular complexity index is 800. The lowest BCUT2D eigenvalue weighted by atomic mass is 10.1. The Labute approximate surface area is 169 Å². The molecule has 0 aliphatic carbocycles. The third-order valence-electron chi connectivity index (χ3n) is 4.09. The number of hydrogen-bond donors (Lipinski definition) is 2. The van der Waals surface area contributed by atoms with Gasteiger partial charge in [-0.25, -0.2) is 4.99 Å². The highest BCUT2D eigenvalue weighted by atomic mass is 19.3. The van der Waals surface area contributed by atoms with Gasteiger partial charge in [0, 0.05) is 18.7 Å². The van der Waals surface area contributed by atoms with Gasteiger partial charge in [-0.1, -0.05) is 24.3 Å². The van der Waals surface area contributed by atoms with Crippen molar-refractivity contribution in [3.8, 4) is 17.2 Å². The van der Waals surface area contributed by atoms with Crippen molar-refractivity contribution in [2.75, 3.05) is 27.3 Å². The van der Waals surface area contributed by atoms with E-state index in [0.29, 0.717) is 36.1 Å². The van der Waals surface area contributed by atoms with Gasteiger partial charge in [0.25, 0.3) is 0 Å². The second kappa shape index (κ2) is 11.7. The average molecular weight is 407 g/mol. The molecule has 0 fully saturated rings. The first-order valence-corrected chi connectivity index (χ1v) is 9.33. The largest absolute Gasteiger partial charge is 0.493 e. The maximum Gasteiger partial charge on any atom is 0.387 e. The van der Waals surface area contributed by atoms with Crippen LogP contribution < -0.4 is 24.8 Å². The molecule has 0 bridgehead atoms. The van der Waals surface area contributed by atoms with Crippen LogP contribution >= 0.6 is 0 Å². The molecule has 8 heteroatoms. The van der Waals surface area contributed by atoms with Gasteiger partial charge in [-0.3, -0.25) is 0 Å². The Morgan fingerprint density at radius 2 is 1.76 bits per heavy atom. The van der Waals surface area contributed by atoms with Crippen molar-refractivity contribution in [2.45, 2.75) is 26.5 Å². The van der Waals surface area contributed by atoms with E-state index in [1.165, 1.54) is 6.07 Å². The third-order valence-corrected chi connectivity index (χ3v) is 4.09. The highest BCUT2D eigenvalue weighted by Gasteiger charge is 2.09. The van der Waals surface area contributed by atoms with E-state index in [2.05, 4.69) is 20.4 Å². The van der Waals surface area contributed by atoms with Gasteiger partial charge in [0.1, 0.15) is 5.75 Å². The second-order valence-electron chi connectivity index (χ2n) is 6.05. The van der Waals surface area contributed by atoms with Crippen LogP contribution in [0.25, 0.3) is 0 Å². The van der Waals surface area contributed by atoms with E-state index in [1.807, 2.05) is 25.1 Å². The summed E-state index contributed by atoms with van der Waals surface area (Å²) in [7, 11) is 3.20. The summed E-state index contributed by atoms with van der Waals surface area (Å²) in [5.41, 5.74) is 1.67. The second-order valence-corrected chi connectivity index (χ2v) is 6.05. The minimum atomic E-state index is -2.87. The smallest absolute Gasteiger partial charge is 0.387 e. The number of nitrogens with one attached hydrogen (secondary N) is 2. The summed E-state index contributed by atoms with van der Waals surface area (Å²) in [6.07, 6.45) is 0.746. The van der Waals surface area contributed by atoms with Crippen LogP contribution in [0.2, 0.25) is 0 Å². The Morgan fingerprint density at radius 1 is 1.00 bits per heavy atom. The number of hydrogen-bond acceptors (Lipinski definition) is 4. The molecule has 2 aromatic carbocycles. The van der Waals surface area contributed by atoms with Gasteiger partial charge in [0.05, 0.1) is 20.8 Å². The van der Waals surface area contributed by atoms with Crippen molar-refractivity contribution in [3.63, 3.8) is 0 Å². The predicted molar refractivity (Wildman–Crippen MR) is 109 cm³/mol. The predicted octanol–water partition coefficient (Wildman–Crippen LogP) is 3.60. The number of guanidine groups is 1. The molecular weight excluding hydrogens is 380 g/mol. The van der Waals surface area contributed by atoms with E-state index in [-0.39, 0.29) is 12.3 Å². The molecule has 0 saturated heterocycles. The molecule has 2 N–H and O–H groups in total. The molecule has 6 nitrogen and oxygen atoms in total. The SMILES string of the molecule is CCNC(=NCc1ccccc1OC(F)F)NCCc1ccc(OC)c(OC)c1. The van der Waals surface area contributed by atoms with Gasteiger partial charge in [0.15, 0.2) is 17.5 Å². The van der Waals surface area contributed by atoms with Gasteiger partial charge in [-0.15, -0.1) is 0 Å². The normalized spacial score (nSPS) is 11.3. The molecule has 0 aliphatic rings. The highest BCUT2D eigenvalue weighted by Crippen LogP contribution is 2.27. The number of rotatable bonds is 10. The molecule has 29 heavy (non-hydrogen) atoms. The monoisotopic (exact) mass is 407 g/mol. The van der Waals surface area contributed by atoms with Crippen molar-refractivity contribution in [1.82, 2.24) is 10.6 Å². The molecule has 0 aromatic heterocycles. The molecule has 0 heterocycles. The van der Waals surface area contributed by atoms with E-state index in [9.17, 15) is 8.78 Å². The van der Waals surface area contributed by atoms with Crippen LogP contribution in [0.3, 0.4) is 0 Å². The van der Waals surface area contributed by atoms with Crippen LogP contribution in [0.15, 0.2) is 47.5 Å². The van der Waals surface area contributed by atoms with Crippen molar-refractivity contribution >= 4 is 5.96 Å². The number of nitrogens with zero attached hydrogens (tertiary/aromatic N) is 1. The van der Waals surface area contributed by atoms with E-state index >= 15 is 0 Å². The molecule has 158 valence electrons. The fraction of sp³-hybridized carbons (Fsp3) is 0.381. The summed E-state index contributed by atoms with van der Waals surface area (Å²) >= 11 is 0. The molecule has 0 atom stereocenters. The van der Waals surface area contributed by atoms with Crippen molar-refractivity contribution < 1.29 is 23.0 Å². The zero-order valence-corrected chi connectivity index (χ0v) is 16.9. The highest BCUT2D eigenvalue weighted by molar-refractivity contribution is 5.79.